The summed E-state index contributed by atoms with van der Waals surface area (Å²) in [6.07, 6.45) is -7.04. The number of carbonyl (C=O) groups is 8. The van der Waals surface area contributed by atoms with Crippen LogP contribution in [0.2, 0.25) is 5.02 Å². The number of halogens is 2. The van der Waals surface area contributed by atoms with Crippen molar-refractivity contribution in [2.24, 2.45) is 45.3 Å². The zero-order valence-electron chi connectivity index (χ0n) is 62.4. The van der Waals surface area contributed by atoms with Crippen LogP contribution in [0.1, 0.15) is 166 Å². The Labute approximate surface area is 622 Å². The van der Waals surface area contributed by atoms with E-state index in [1.54, 1.807) is 110 Å². The molecule has 2 bridgehead atoms. The first kappa shape index (κ1) is 82.7. The topological polar surface area (TPSA) is 398 Å². The van der Waals surface area contributed by atoms with E-state index in [2.05, 4.69) is 29.4 Å². The molecule has 12 N–H and O–H groups in total. The molecular formula is C79H104ClFN4O21. The lowest BCUT2D eigenvalue weighted by Crippen LogP contribution is -2.81. The Morgan fingerprint density at radius 2 is 1.51 bits per heavy atom. The lowest BCUT2D eigenvalue weighted by molar-refractivity contribution is -0.346. The van der Waals surface area contributed by atoms with E-state index in [1.165, 1.54) is 50.3 Å². The Balaban J connectivity index is 0.000000221. The smallest absolute Gasteiger partial charge is 0.408 e. The van der Waals surface area contributed by atoms with Crippen molar-refractivity contribution in [1.82, 2.24) is 15.5 Å². The SMILES string of the molecule is CC(=O)O[C@@]12CO[C@@H]1C[C@H](O)[C@@]1(C)C(=O)[C@H](O)C3=C(C)[C@@H](OC(=O)[C@H](O)[C@@H](NC(=O)OC(C)(C)C)c4ccccc4)C[C@@](O)([C@@H](OC(=O)c4ccccc4)[C@H]21)C3(C)C.CCN(CC)CCNC(=O)c1cc(Cl)c(N)cc1CO.C[C@@H]1C[C@H]2[C@@H]3CCC4=CC(=O)C=C[C@]4(C)[C@@]3(F)[C@@H](O)C[C@]2(C)[C@@]1(O)C(=O)CO. The molecule has 25 nitrogen and oxygen atoms in total. The van der Waals surface area contributed by atoms with E-state index >= 15 is 4.39 Å². The highest BCUT2D eigenvalue weighted by Crippen LogP contribution is 2.71. The van der Waals surface area contributed by atoms with Crippen molar-refractivity contribution >= 4 is 64.5 Å². The number of aliphatic hydroxyl groups is 8. The Morgan fingerprint density at radius 1 is 0.877 bits per heavy atom. The normalized spacial score (nSPS) is 34.4. The summed E-state index contributed by atoms with van der Waals surface area (Å²) < 4.78 is 46.4. The molecule has 8 aliphatic rings. The van der Waals surface area contributed by atoms with Crippen molar-refractivity contribution in [2.75, 3.05) is 45.1 Å². The number of likely N-dealkylation sites (N-methyl/N-ethyl adjacent to an activating group) is 1. The predicted molar refractivity (Wildman–Crippen MR) is 385 cm³/mol. The van der Waals surface area contributed by atoms with Gasteiger partial charge in [0.2, 0.25) is 0 Å². The number of carbonyl (C=O) groups excluding carboxylic acids is 8. The Hall–Kier alpha value is -7.34. The summed E-state index contributed by atoms with van der Waals surface area (Å²) in [5.74, 6) is -7.73. The molecule has 11 rings (SSSR count). The number of nitrogens with two attached hydrogens (primary N) is 1. The second-order valence-electron chi connectivity index (χ2n) is 31.8. The summed E-state index contributed by atoms with van der Waals surface area (Å²) in [5, 5.41) is 96.0. The molecule has 7 aliphatic carbocycles. The highest BCUT2D eigenvalue weighted by Gasteiger charge is 2.79. The number of ether oxygens (including phenoxy) is 5. The predicted octanol–water partition coefficient (Wildman–Crippen LogP) is 6.64. The molecule has 5 saturated carbocycles. The fraction of sp³-hybridized carbons (Fsp3) is 0.595. The zero-order chi connectivity index (χ0) is 78.6. The van der Waals surface area contributed by atoms with Crippen LogP contribution in [0.3, 0.4) is 0 Å². The number of rotatable bonds is 17. The second-order valence-corrected chi connectivity index (χ2v) is 32.2. The summed E-state index contributed by atoms with van der Waals surface area (Å²) in [6, 6.07) is 17.7. The summed E-state index contributed by atoms with van der Waals surface area (Å²) >= 11 is 5.92. The number of hydrogen-bond acceptors (Lipinski definition) is 23. The first-order valence-electron chi connectivity index (χ1n) is 36.2. The average Bonchev–Trinajstić information content (AvgIpc) is 0.875. The van der Waals surface area contributed by atoms with Crippen LogP contribution in [-0.4, -0.2) is 203 Å². The van der Waals surface area contributed by atoms with Gasteiger partial charge in [-0.1, -0.05) is 113 Å². The standard InChI is InChI=1S/C43H53NO14.C22H29FO5.C14H22ClN3O2/c1-22-26(55-37(51)32(48)30(24-15-11-9-12-16-24)44-38(52)58-39(3,4)5)20-43(53)35(56-36(50)25-17-13-10-14-18-25)33-41(8,34(49)31(47)29(22)40(43,6)7)27(46)19-28-42(33,21-54-28)57-23(2)45;1-12-8-16-15-5-4-13-9-14(25)6-7-19(13,2)21(15,23)17(26)10-20(16,3)22(12,28)18(27)11-24;1-3-18(4-2)6-5-17-14(20)11-8-12(15)13(16)7-10(11)9-19/h9-18,26-28,30-33,35,46-48,53H,19-21H2,1-8H3,(H,44,52);6-7,9,12,15-17,24,26,28H,4-5,8,10-11H2,1-3H3;7-8,19H,3-6,9,16H2,1-2H3,(H,17,20)/t26-,27-,28+,30-,31+,32+,33-,35-,41+,42-,43+;12-,15+,16+,17+,19+,20+,21+,22+;/m01./s1. The summed E-state index contributed by atoms with van der Waals surface area (Å²) in [6.45, 7) is 23.4. The van der Waals surface area contributed by atoms with Gasteiger partial charge in [0.1, 0.15) is 47.8 Å². The van der Waals surface area contributed by atoms with Gasteiger partial charge in [-0.25, -0.2) is 18.8 Å². The monoisotopic (exact) mass is 1500 g/mol. The maximum atomic E-state index is 16.9. The van der Waals surface area contributed by atoms with E-state index in [1.807, 2.05) is 0 Å². The van der Waals surface area contributed by atoms with Crippen LogP contribution in [0.5, 0.6) is 0 Å². The van der Waals surface area contributed by atoms with Gasteiger partial charge in [0, 0.05) is 60.6 Å². The van der Waals surface area contributed by atoms with Gasteiger partial charge in [-0.2, -0.15) is 0 Å². The quantitative estimate of drug-likeness (QED) is 0.0292. The number of anilines is 1. The molecule has 19 atom stereocenters. The Kier molecular flexibility index (Phi) is 24.2. The molecule has 0 aromatic heterocycles. The summed E-state index contributed by atoms with van der Waals surface area (Å²) in [4.78, 5) is 108. The van der Waals surface area contributed by atoms with Crippen LogP contribution in [-0.2, 0) is 54.3 Å². The first-order chi connectivity index (χ1) is 49.5. The number of ketones is 3. The number of alkyl halides is 1. The molecule has 0 radical (unpaired) electrons. The number of nitrogens with zero attached hydrogens (tertiary/aromatic N) is 1. The van der Waals surface area contributed by atoms with Gasteiger partial charge in [-0.15, -0.1) is 0 Å². The summed E-state index contributed by atoms with van der Waals surface area (Å²) in [7, 11) is 0. The Bertz CT molecular complexity index is 3960. The molecule has 2 amide bonds. The molecular weight excluding hydrogens is 1400 g/mol. The number of fused-ring (bicyclic) bond motifs is 10. The number of hydrogen-bond donors (Lipinski definition) is 11. The minimum Gasteiger partial charge on any atom is -0.456 e. The molecule has 580 valence electrons. The fourth-order valence-corrected chi connectivity index (χ4v) is 18.9. The van der Waals surface area contributed by atoms with Crippen molar-refractivity contribution in [1.29, 1.82) is 0 Å². The van der Waals surface area contributed by atoms with Crippen molar-refractivity contribution in [3.05, 3.63) is 135 Å². The van der Waals surface area contributed by atoms with Crippen LogP contribution in [0.4, 0.5) is 14.9 Å². The maximum absolute atomic E-state index is 16.9. The van der Waals surface area contributed by atoms with Gasteiger partial charge in [-0.3, -0.25) is 24.0 Å². The highest BCUT2D eigenvalue weighted by molar-refractivity contribution is 6.33. The van der Waals surface area contributed by atoms with E-state index in [9.17, 15) is 79.2 Å². The number of nitrogen functional groups attached to an aromatic ring is 1. The second kappa shape index (κ2) is 31.0. The number of esters is 3. The number of allylic oxidation sites excluding steroid dienone is 4. The van der Waals surface area contributed by atoms with Crippen molar-refractivity contribution in [3.63, 3.8) is 0 Å². The van der Waals surface area contributed by atoms with Crippen LogP contribution >= 0.6 is 11.6 Å². The van der Waals surface area contributed by atoms with Gasteiger partial charge < -0.3 is 85.8 Å². The molecule has 3 aromatic carbocycles. The van der Waals surface area contributed by atoms with Crippen LogP contribution in [0, 0.1) is 45.3 Å². The number of benzene rings is 3. The van der Waals surface area contributed by atoms with Crippen molar-refractivity contribution in [3.8, 4) is 0 Å². The third-order valence-electron chi connectivity index (χ3n) is 24.6. The largest absolute Gasteiger partial charge is 0.456 e. The number of Topliss-reactive ketones (excluding diaryl/α,β-unsaturated/α-hetero) is 2. The zero-order valence-corrected chi connectivity index (χ0v) is 63.2. The first-order valence-corrected chi connectivity index (χ1v) is 36.6. The van der Waals surface area contributed by atoms with Gasteiger partial charge in [-0.05, 0) is 151 Å². The molecule has 1 heterocycles. The molecule has 1 aliphatic heterocycles. The van der Waals surface area contributed by atoms with Crippen molar-refractivity contribution < 1.29 is 107 Å². The minimum absolute atomic E-state index is 0.0637. The van der Waals surface area contributed by atoms with E-state index in [0.29, 0.717) is 58.8 Å². The number of amides is 2. The molecule has 3 aromatic rings. The van der Waals surface area contributed by atoms with Crippen LogP contribution < -0.4 is 16.4 Å². The lowest BCUT2D eigenvalue weighted by Gasteiger charge is -2.67. The average molecular weight is 1500 g/mol. The maximum Gasteiger partial charge on any atom is 0.408 e. The summed E-state index contributed by atoms with van der Waals surface area (Å²) in [5.41, 5.74) is -6.44. The molecule has 1 saturated heterocycles. The molecule has 106 heavy (non-hydrogen) atoms. The Morgan fingerprint density at radius 3 is 2.08 bits per heavy atom. The molecule has 27 heteroatoms. The van der Waals surface area contributed by atoms with E-state index in [-0.39, 0.29) is 60.4 Å². The third kappa shape index (κ3) is 14.3. The number of nitrogens with one attached hydrogen (secondary N) is 2. The van der Waals surface area contributed by atoms with Crippen LogP contribution in [0.25, 0.3) is 0 Å². The van der Waals surface area contributed by atoms with Crippen LogP contribution in [0.15, 0.2) is 108 Å². The van der Waals surface area contributed by atoms with E-state index < -0.39 is 165 Å². The molecule has 6 fully saturated rings. The van der Waals surface area contributed by atoms with Gasteiger partial charge in [0.25, 0.3) is 5.91 Å². The van der Waals surface area contributed by atoms with E-state index in [0.717, 1.165) is 26.6 Å². The van der Waals surface area contributed by atoms with E-state index in [4.69, 9.17) is 41.0 Å². The van der Waals surface area contributed by atoms with Gasteiger partial charge >= 0.3 is 24.0 Å². The lowest BCUT2D eigenvalue weighted by atomic mass is 9.44. The molecule has 0 spiro atoms. The highest BCUT2D eigenvalue weighted by atomic mass is 35.5. The van der Waals surface area contributed by atoms with Gasteiger partial charge in [0.05, 0.1) is 59.1 Å². The molecule has 0 unspecified atom stereocenters. The fourth-order valence-electron chi connectivity index (χ4n) is 18.8. The number of aliphatic hydroxyl groups excluding tert-OH is 6. The van der Waals surface area contributed by atoms with Gasteiger partial charge in [0.15, 0.2) is 34.7 Å². The van der Waals surface area contributed by atoms with Crippen molar-refractivity contribution in [2.45, 2.75) is 212 Å². The number of alkyl carbamates (subject to hydrolysis) is 1. The third-order valence-corrected chi connectivity index (χ3v) is 24.9. The minimum atomic E-state index is -2.35.